The number of hydroxylamine groups is 1. The molecule has 0 aromatic heterocycles. The molecule has 2 amide bonds. The monoisotopic (exact) mass is 284 g/mol. The second-order valence-electron chi connectivity index (χ2n) is 5.42. The van der Waals surface area contributed by atoms with Crippen LogP contribution in [0.15, 0.2) is 12.3 Å². The Morgan fingerprint density at radius 2 is 2.00 bits per heavy atom. The number of nitrogens with one attached hydrogen (secondary N) is 1. The Kier molecular flexibility index (Phi) is 4.52. The molecule has 1 heterocycles. The number of nitrogens with zero attached hydrogens (tertiary/aromatic N) is 1. The number of likely N-dealkylation sites (tertiary alicyclic amines) is 1. The lowest BCUT2D eigenvalue weighted by Crippen LogP contribution is -2.37. The van der Waals surface area contributed by atoms with Gasteiger partial charge in [0.2, 0.25) is 11.8 Å². The van der Waals surface area contributed by atoms with Crippen LogP contribution >= 0.6 is 12.6 Å². The quantitative estimate of drug-likeness (QED) is 0.414. The fraction of sp³-hybridized carbons (Fsp3) is 0.692. The van der Waals surface area contributed by atoms with Crippen molar-refractivity contribution >= 4 is 24.4 Å². The van der Waals surface area contributed by atoms with Crippen molar-refractivity contribution in [2.45, 2.75) is 37.4 Å². The minimum atomic E-state index is -0.456. The molecule has 19 heavy (non-hydrogen) atoms. The number of imide groups is 1. The van der Waals surface area contributed by atoms with Gasteiger partial charge in [0, 0.05) is 24.6 Å². The van der Waals surface area contributed by atoms with E-state index in [9.17, 15) is 9.59 Å². The molecule has 1 saturated carbocycles. The minimum absolute atomic E-state index is 0.103. The maximum Gasteiger partial charge on any atom is 0.242 e. The van der Waals surface area contributed by atoms with E-state index in [1.165, 1.54) is 4.90 Å². The van der Waals surface area contributed by atoms with Gasteiger partial charge in [-0.05, 0) is 31.6 Å². The first-order chi connectivity index (χ1) is 9.02. The summed E-state index contributed by atoms with van der Waals surface area (Å²) in [7, 11) is 0. The molecule has 0 bridgehead atoms. The van der Waals surface area contributed by atoms with E-state index >= 15 is 0 Å². The van der Waals surface area contributed by atoms with E-state index in [2.05, 4.69) is 24.7 Å². The maximum absolute atomic E-state index is 11.8. The highest BCUT2D eigenvalue weighted by atomic mass is 32.1. The van der Waals surface area contributed by atoms with Crippen LogP contribution in [-0.2, 0) is 9.59 Å². The molecule has 0 aromatic carbocycles. The molecule has 1 atom stereocenters. The van der Waals surface area contributed by atoms with Crippen LogP contribution in [0.2, 0.25) is 0 Å². The summed E-state index contributed by atoms with van der Waals surface area (Å²) in [6, 6.07) is 0. The number of hydrogen-bond donors (Lipinski definition) is 3. The zero-order valence-corrected chi connectivity index (χ0v) is 11.7. The highest BCUT2D eigenvalue weighted by Gasteiger charge is 2.38. The second kappa shape index (κ2) is 5.96. The van der Waals surface area contributed by atoms with Crippen LogP contribution in [0.5, 0.6) is 0 Å². The molecular formula is C13H20N2O3S. The van der Waals surface area contributed by atoms with Crippen LogP contribution < -0.4 is 5.48 Å². The molecule has 2 fully saturated rings. The predicted octanol–water partition coefficient (Wildman–Crippen LogP) is 1.34. The molecule has 2 N–H and O–H groups in total. The second-order valence-corrected chi connectivity index (χ2v) is 6.04. The fourth-order valence-electron chi connectivity index (χ4n) is 2.90. The summed E-state index contributed by atoms with van der Waals surface area (Å²) in [5.41, 5.74) is 2.77. The Morgan fingerprint density at radius 3 is 2.47 bits per heavy atom. The molecule has 0 radical (unpaired) electrons. The zero-order valence-electron chi connectivity index (χ0n) is 10.8. The number of thiol groups is 1. The standard InChI is InChI=1S/C13H20N2O3S/c1-8(14-18)10-4-2-9(3-5-10)7-15-12(16)6-11(19)13(15)17/h9-11,14,18-19H,1-7H2. The van der Waals surface area contributed by atoms with Crippen molar-refractivity contribution in [3.8, 4) is 0 Å². The Balaban J connectivity index is 1.84. The molecule has 1 aliphatic carbocycles. The smallest absolute Gasteiger partial charge is 0.242 e. The molecule has 106 valence electrons. The molecule has 1 aliphatic heterocycles. The highest BCUT2D eigenvalue weighted by Crippen LogP contribution is 2.33. The van der Waals surface area contributed by atoms with Crippen molar-refractivity contribution in [3.63, 3.8) is 0 Å². The fourth-order valence-corrected chi connectivity index (χ4v) is 3.20. The summed E-state index contributed by atoms with van der Waals surface area (Å²) in [4.78, 5) is 24.8. The van der Waals surface area contributed by atoms with Crippen LogP contribution in [-0.4, -0.2) is 33.7 Å². The molecule has 1 saturated heterocycles. The predicted molar refractivity (Wildman–Crippen MR) is 73.6 cm³/mol. The topological polar surface area (TPSA) is 69.6 Å². The summed E-state index contributed by atoms with van der Waals surface area (Å²) in [5.74, 6) is 0.378. The highest BCUT2D eigenvalue weighted by molar-refractivity contribution is 7.81. The first-order valence-corrected chi connectivity index (χ1v) is 7.15. The van der Waals surface area contributed by atoms with Gasteiger partial charge in [0.05, 0.1) is 5.25 Å². The SMILES string of the molecule is C=C(NO)C1CCC(CN2C(=O)CC(S)C2=O)CC1. The number of carbonyl (C=O) groups excluding carboxylic acids is 2. The van der Waals surface area contributed by atoms with Gasteiger partial charge in [-0.2, -0.15) is 12.6 Å². The van der Waals surface area contributed by atoms with Gasteiger partial charge in [0.1, 0.15) is 0 Å². The summed E-state index contributed by atoms with van der Waals surface area (Å²) in [6.07, 6.45) is 3.97. The van der Waals surface area contributed by atoms with E-state index in [-0.39, 0.29) is 24.2 Å². The average molecular weight is 284 g/mol. The maximum atomic E-state index is 11.8. The van der Waals surface area contributed by atoms with Gasteiger partial charge in [-0.1, -0.05) is 6.58 Å². The van der Waals surface area contributed by atoms with Crippen molar-refractivity contribution in [1.29, 1.82) is 0 Å². The van der Waals surface area contributed by atoms with Gasteiger partial charge < -0.3 is 0 Å². The van der Waals surface area contributed by atoms with Crippen molar-refractivity contribution in [2.75, 3.05) is 6.54 Å². The number of rotatable bonds is 4. The number of amides is 2. The van der Waals surface area contributed by atoms with Gasteiger partial charge in [0.15, 0.2) is 0 Å². The van der Waals surface area contributed by atoms with Crippen LogP contribution in [0.1, 0.15) is 32.1 Å². The molecule has 6 heteroatoms. The third-order valence-corrected chi connectivity index (χ3v) is 4.55. The number of allylic oxidation sites excluding steroid dienone is 1. The van der Waals surface area contributed by atoms with Gasteiger partial charge in [-0.3, -0.25) is 25.2 Å². The summed E-state index contributed by atoms with van der Waals surface area (Å²) < 4.78 is 0. The van der Waals surface area contributed by atoms with Crippen LogP contribution in [0.4, 0.5) is 0 Å². The lowest BCUT2D eigenvalue weighted by atomic mass is 9.80. The van der Waals surface area contributed by atoms with Crippen LogP contribution in [0, 0.1) is 11.8 Å². The lowest BCUT2D eigenvalue weighted by molar-refractivity contribution is -0.139. The van der Waals surface area contributed by atoms with Gasteiger partial charge in [0.25, 0.3) is 0 Å². The average Bonchev–Trinajstić information content (AvgIpc) is 2.65. The normalized spacial score (nSPS) is 31.7. The van der Waals surface area contributed by atoms with Gasteiger partial charge >= 0.3 is 0 Å². The Labute approximate surface area is 118 Å². The third kappa shape index (κ3) is 3.12. The first kappa shape index (κ1) is 14.4. The summed E-state index contributed by atoms with van der Waals surface area (Å²) in [5, 5.41) is 8.37. The van der Waals surface area contributed by atoms with Crippen LogP contribution in [0.25, 0.3) is 0 Å². The largest absolute Gasteiger partial charge is 0.291 e. The molecule has 0 spiro atoms. The number of carbonyl (C=O) groups is 2. The van der Waals surface area contributed by atoms with E-state index in [4.69, 9.17) is 5.21 Å². The molecular weight excluding hydrogens is 264 g/mol. The first-order valence-electron chi connectivity index (χ1n) is 6.64. The minimum Gasteiger partial charge on any atom is -0.291 e. The summed E-state index contributed by atoms with van der Waals surface area (Å²) in [6.45, 7) is 4.28. The Bertz CT molecular complexity index is 391. The van der Waals surface area contributed by atoms with Crippen molar-refractivity contribution in [1.82, 2.24) is 10.4 Å². The van der Waals surface area contributed by atoms with Crippen molar-refractivity contribution < 1.29 is 14.8 Å². The van der Waals surface area contributed by atoms with Crippen molar-refractivity contribution in [3.05, 3.63) is 12.3 Å². The molecule has 5 nitrogen and oxygen atoms in total. The molecule has 2 rings (SSSR count). The Hall–Kier alpha value is -1.01. The van der Waals surface area contributed by atoms with Crippen molar-refractivity contribution in [2.24, 2.45) is 11.8 Å². The van der Waals surface area contributed by atoms with Crippen LogP contribution in [0.3, 0.4) is 0 Å². The van der Waals surface area contributed by atoms with E-state index in [0.29, 0.717) is 18.2 Å². The van der Waals surface area contributed by atoms with E-state index in [1.807, 2.05) is 0 Å². The van der Waals surface area contributed by atoms with Gasteiger partial charge in [-0.15, -0.1) is 0 Å². The van der Waals surface area contributed by atoms with E-state index in [0.717, 1.165) is 25.7 Å². The third-order valence-electron chi connectivity index (χ3n) is 4.14. The molecule has 2 aliphatic rings. The summed E-state index contributed by atoms with van der Waals surface area (Å²) >= 11 is 4.12. The van der Waals surface area contributed by atoms with E-state index in [1.54, 1.807) is 0 Å². The Morgan fingerprint density at radius 1 is 1.37 bits per heavy atom. The number of hydrogen-bond acceptors (Lipinski definition) is 5. The lowest BCUT2D eigenvalue weighted by Gasteiger charge is -2.31. The molecule has 0 aromatic rings. The van der Waals surface area contributed by atoms with Gasteiger partial charge in [-0.25, -0.2) is 0 Å². The zero-order chi connectivity index (χ0) is 14.0. The van der Waals surface area contributed by atoms with E-state index < -0.39 is 5.25 Å². The molecule has 1 unspecified atom stereocenters.